The summed E-state index contributed by atoms with van der Waals surface area (Å²) in [6.45, 7) is 12.2. The first kappa shape index (κ1) is 51.8. The predicted octanol–water partition coefficient (Wildman–Crippen LogP) is 11.9. The summed E-state index contributed by atoms with van der Waals surface area (Å²) >= 11 is 0. The van der Waals surface area contributed by atoms with Crippen LogP contribution in [0.15, 0.2) is 72.8 Å². The van der Waals surface area contributed by atoms with Gasteiger partial charge in [0, 0.05) is 12.1 Å². The molecule has 2 aliphatic heterocycles. The van der Waals surface area contributed by atoms with Crippen molar-refractivity contribution in [3.8, 4) is 22.3 Å². The first-order valence-corrected chi connectivity index (χ1v) is 27.8. The number of hydrogen-bond acceptors (Lipinski definition) is 8. The van der Waals surface area contributed by atoms with E-state index in [2.05, 4.69) is 107 Å². The summed E-state index contributed by atoms with van der Waals surface area (Å²) in [7, 11) is 2.66. The molecule has 4 aromatic carbocycles. The molecule has 2 aliphatic carbocycles. The van der Waals surface area contributed by atoms with Crippen molar-refractivity contribution in [3.05, 3.63) is 107 Å². The molecule has 8 atom stereocenters. The third-order valence-corrected chi connectivity index (χ3v) is 17.2. The molecule has 14 nitrogen and oxygen atoms in total. The van der Waals surface area contributed by atoms with E-state index < -0.39 is 24.3 Å². The van der Waals surface area contributed by atoms with E-state index in [-0.39, 0.29) is 47.8 Å². The monoisotopic (exact) mass is 1020 g/mol. The second-order valence-electron chi connectivity index (χ2n) is 22.6. The van der Waals surface area contributed by atoms with Gasteiger partial charge in [-0.15, -0.1) is 0 Å². The van der Waals surface area contributed by atoms with Gasteiger partial charge in [-0.1, -0.05) is 114 Å². The van der Waals surface area contributed by atoms with Crippen molar-refractivity contribution >= 4 is 46.1 Å². The molecule has 4 heterocycles. The maximum absolute atomic E-state index is 14.6. The number of fused-ring (bicyclic) bond motifs is 4. The molecule has 14 heteroatoms. The van der Waals surface area contributed by atoms with Gasteiger partial charge in [0.2, 0.25) is 11.8 Å². The lowest BCUT2D eigenvalue weighted by molar-refractivity contribution is -0.139. The van der Waals surface area contributed by atoms with Crippen LogP contribution in [0.1, 0.15) is 145 Å². The fourth-order valence-electron chi connectivity index (χ4n) is 13.2. The molecule has 4 unspecified atom stereocenters. The van der Waals surface area contributed by atoms with Crippen LogP contribution in [-0.4, -0.2) is 92.1 Å². The van der Waals surface area contributed by atoms with Crippen molar-refractivity contribution in [2.45, 2.75) is 161 Å². The highest BCUT2D eigenvalue weighted by molar-refractivity contribution is 5.90. The zero-order chi connectivity index (χ0) is 52.7. The van der Waals surface area contributed by atoms with E-state index in [0.29, 0.717) is 11.8 Å². The molecule has 4 fully saturated rings. The lowest BCUT2D eigenvalue weighted by atomic mass is 9.84. The number of carbonyl (C=O) groups excluding carboxylic acids is 4. The fourth-order valence-corrected chi connectivity index (χ4v) is 13.2. The second kappa shape index (κ2) is 21.9. The van der Waals surface area contributed by atoms with Gasteiger partial charge in [0.1, 0.15) is 23.7 Å². The molecule has 0 spiro atoms. The number of nitrogens with one attached hydrogen (secondary N) is 4. The SMILES string of the molecule is CCc1cc(-c2ccc3nc([C@@H]4CC5CCCCC5N4C(=O)[C@@H](NC(=O)OC)C(C)C)[nH]c3c2)c(CCc2ccc(C)cc2)cc1-c1ccc2nc([C@@H]3CC4CCCCC4N3C(=O)[C@@H](NC(=O)OC)C(C)C)[nH]c2c1. The number of H-pyrrole nitrogens is 2. The molecular formula is C61H76N8O6. The van der Waals surface area contributed by atoms with Crippen LogP contribution in [0.5, 0.6) is 0 Å². The molecule has 4 aliphatic rings. The number of imidazole rings is 2. The number of benzene rings is 4. The van der Waals surface area contributed by atoms with Crippen molar-refractivity contribution in [3.63, 3.8) is 0 Å². The number of rotatable bonds is 14. The Hall–Kier alpha value is -6.70. The number of carbonyl (C=O) groups is 4. The Kier molecular flexibility index (Phi) is 15.1. The topological polar surface area (TPSA) is 175 Å². The van der Waals surface area contributed by atoms with Crippen molar-refractivity contribution in [1.29, 1.82) is 0 Å². The molecule has 0 bridgehead atoms. The zero-order valence-corrected chi connectivity index (χ0v) is 45.1. The quantitative estimate of drug-likeness (QED) is 0.0834. The third-order valence-electron chi connectivity index (χ3n) is 17.2. The van der Waals surface area contributed by atoms with Crippen LogP contribution in [0.4, 0.5) is 9.59 Å². The van der Waals surface area contributed by atoms with Crippen LogP contribution < -0.4 is 10.6 Å². The number of aromatic amines is 2. The first-order chi connectivity index (χ1) is 36.2. The first-order valence-electron chi connectivity index (χ1n) is 27.8. The van der Waals surface area contributed by atoms with Gasteiger partial charge in [-0.3, -0.25) is 9.59 Å². The molecule has 396 valence electrons. The number of methoxy groups -OCH3 is 2. The standard InChI is InChI=1S/C61H76N8O6/c1-9-38-28-45(41-25-27-47-49(31-41)65-57(63-47)53-33-43-15-11-13-17-51(43)69(53)59(71)55(35(4)5)67-61(73)75-8)39(23-22-37-20-18-36(6)19-21-37)29-44(38)40-24-26-46-48(30-40)64-56(62-46)52-32-42-14-10-12-16-50(42)68(52)58(70)54(34(2)3)66-60(72)74-7/h18-21,24-31,34-35,42-43,50-55H,9-17,22-23,32-33H2,1-8H3,(H,62,64)(H,63,65)(H,66,72)(H,67,73)/t42?,43?,50?,51?,52-,53-,54-,55-/m0/s1. The van der Waals surface area contributed by atoms with Gasteiger partial charge in [0.15, 0.2) is 0 Å². The van der Waals surface area contributed by atoms with Crippen molar-refractivity contribution < 1.29 is 28.7 Å². The Balaban J connectivity index is 0.996. The summed E-state index contributed by atoms with van der Waals surface area (Å²) in [5, 5.41) is 5.69. The average Bonchev–Trinajstić information content (AvgIpc) is 4.25. The van der Waals surface area contributed by atoms with Crippen molar-refractivity contribution in [1.82, 2.24) is 40.4 Å². The summed E-state index contributed by atoms with van der Waals surface area (Å²) in [4.78, 5) is 76.1. The highest BCUT2D eigenvalue weighted by atomic mass is 16.5. The van der Waals surface area contributed by atoms with E-state index in [0.717, 1.165) is 128 Å². The second-order valence-corrected chi connectivity index (χ2v) is 22.6. The van der Waals surface area contributed by atoms with Gasteiger partial charge in [0.25, 0.3) is 0 Å². The van der Waals surface area contributed by atoms with Crippen LogP contribution in [-0.2, 0) is 38.3 Å². The van der Waals surface area contributed by atoms with E-state index in [4.69, 9.17) is 19.4 Å². The highest BCUT2D eigenvalue weighted by Crippen LogP contribution is 2.48. The lowest BCUT2D eigenvalue weighted by Crippen LogP contribution is -2.53. The van der Waals surface area contributed by atoms with Gasteiger partial charge in [-0.2, -0.15) is 0 Å². The number of likely N-dealkylation sites (tertiary alicyclic amines) is 2. The molecule has 2 aromatic heterocycles. The van der Waals surface area contributed by atoms with Gasteiger partial charge >= 0.3 is 12.2 Å². The molecule has 2 saturated carbocycles. The molecule has 6 aromatic rings. The van der Waals surface area contributed by atoms with Crippen LogP contribution in [0.3, 0.4) is 0 Å². The minimum atomic E-state index is -0.712. The van der Waals surface area contributed by atoms with E-state index >= 15 is 0 Å². The van der Waals surface area contributed by atoms with Crippen LogP contribution >= 0.6 is 0 Å². The zero-order valence-electron chi connectivity index (χ0n) is 45.1. The van der Waals surface area contributed by atoms with Crippen molar-refractivity contribution in [2.24, 2.45) is 23.7 Å². The highest BCUT2D eigenvalue weighted by Gasteiger charge is 2.50. The Morgan fingerprint density at radius 2 is 1.07 bits per heavy atom. The van der Waals surface area contributed by atoms with Gasteiger partial charge in [-0.25, -0.2) is 19.6 Å². The Morgan fingerprint density at radius 1 is 0.613 bits per heavy atom. The predicted molar refractivity (Wildman–Crippen MR) is 293 cm³/mol. The molecule has 2 saturated heterocycles. The number of aryl methyl sites for hydroxylation is 4. The summed E-state index contributed by atoms with van der Waals surface area (Å²) in [6.07, 6.45) is 11.5. The third kappa shape index (κ3) is 10.4. The maximum atomic E-state index is 14.6. The summed E-state index contributed by atoms with van der Waals surface area (Å²) in [6, 6.07) is 24.9. The summed E-state index contributed by atoms with van der Waals surface area (Å²) in [5.74, 6) is 1.91. The minimum absolute atomic E-state index is 0.0787. The van der Waals surface area contributed by atoms with E-state index in [1.54, 1.807) is 0 Å². The normalized spacial score (nSPS) is 22.3. The van der Waals surface area contributed by atoms with Gasteiger partial charge in [-0.05, 0) is 152 Å². The van der Waals surface area contributed by atoms with E-state index in [1.165, 1.54) is 47.6 Å². The molecule has 4 amide bonds. The summed E-state index contributed by atoms with van der Waals surface area (Å²) < 4.78 is 9.90. The number of amides is 4. The molecule has 4 N–H and O–H groups in total. The largest absolute Gasteiger partial charge is 0.453 e. The summed E-state index contributed by atoms with van der Waals surface area (Å²) in [5.41, 5.74) is 13.1. The Morgan fingerprint density at radius 3 is 1.52 bits per heavy atom. The smallest absolute Gasteiger partial charge is 0.407 e. The molecule has 0 radical (unpaired) electrons. The minimum Gasteiger partial charge on any atom is -0.453 e. The Labute approximate surface area is 441 Å². The molecule has 10 rings (SSSR count). The van der Waals surface area contributed by atoms with E-state index in [9.17, 15) is 19.2 Å². The van der Waals surface area contributed by atoms with Crippen LogP contribution in [0, 0.1) is 30.6 Å². The molecule has 75 heavy (non-hydrogen) atoms. The van der Waals surface area contributed by atoms with Gasteiger partial charge < -0.3 is 39.9 Å². The number of ether oxygens (including phenoxy) is 2. The molecular weight excluding hydrogens is 941 g/mol. The average molecular weight is 1020 g/mol. The Bertz CT molecular complexity index is 3070. The maximum Gasteiger partial charge on any atom is 0.407 e. The number of alkyl carbamates (subject to hydrolysis) is 2. The lowest BCUT2D eigenvalue weighted by Gasteiger charge is -2.36. The van der Waals surface area contributed by atoms with E-state index in [1.807, 2.05) is 37.5 Å². The number of aromatic nitrogens is 4. The fraction of sp³-hybridized carbons (Fsp3) is 0.508. The van der Waals surface area contributed by atoms with Crippen LogP contribution in [0.25, 0.3) is 44.3 Å². The number of hydrogen-bond donors (Lipinski definition) is 4. The van der Waals surface area contributed by atoms with Crippen LogP contribution in [0.2, 0.25) is 0 Å². The van der Waals surface area contributed by atoms with Crippen molar-refractivity contribution in [2.75, 3.05) is 14.2 Å². The number of nitrogens with zero attached hydrogens (tertiary/aromatic N) is 4. The van der Waals surface area contributed by atoms with Gasteiger partial charge in [0.05, 0.1) is 48.4 Å².